The molecule has 0 bridgehead atoms. The van der Waals surface area contributed by atoms with Crippen molar-refractivity contribution in [1.82, 2.24) is 0 Å². The van der Waals surface area contributed by atoms with Gasteiger partial charge in [0.25, 0.3) is 11.6 Å². The molecule has 2 N–H and O–H groups in total. The number of hydrogen-bond acceptors (Lipinski definition) is 5. The van der Waals surface area contributed by atoms with Gasteiger partial charge in [0.05, 0.1) is 10.6 Å². The van der Waals surface area contributed by atoms with Gasteiger partial charge in [-0.15, -0.1) is 0 Å². The van der Waals surface area contributed by atoms with E-state index in [2.05, 4.69) is 10.6 Å². The van der Waals surface area contributed by atoms with Crippen LogP contribution in [0.5, 0.6) is 0 Å². The first-order valence-electron chi connectivity index (χ1n) is 5.97. The largest absolute Gasteiger partial charge is 0.380 e. The number of hydrogen-bond donors (Lipinski definition) is 2. The lowest BCUT2D eigenvalue weighted by atomic mass is 10.1. The van der Waals surface area contributed by atoms with Crippen molar-refractivity contribution < 1.29 is 9.72 Å². The summed E-state index contributed by atoms with van der Waals surface area (Å²) in [7, 11) is 0. The van der Waals surface area contributed by atoms with Crippen LogP contribution in [-0.2, 0) is 0 Å². The average molecular weight is 291 g/mol. The van der Waals surface area contributed by atoms with Gasteiger partial charge in [-0.25, -0.2) is 0 Å². The quantitative estimate of drug-likeness (QED) is 0.653. The zero-order valence-electron chi connectivity index (χ0n) is 10.8. The van der Waals surface area contributed by atoms with Crippen LogP contribution in [0.4, 0.5) is 17.1 Å². The first kappa shape index (κ1) is 14.0. The molecule has 1 aromatic heterocycles. The molecule has 1 amide bonds. The number of carbonyl (C=O) groups excluding carboxylic acids is 1. The second kappa shape index (κ2) is 6.16. The van der Waals surface area contributed by atoms with Crippen molar-refractivity contribution in [1.29, 1.82) is 0 Å². The van der Waals surface area contributed by atoms with Crippen molar-refractivity contribution >= 4 is 34.3 Å². The smallest absolute Gasteiger partial charge is 0.293 e. The molecule has 0 aliphatic heterocycles. The van der Waals surface area contributed by atoms with E-state index in [9.17, 15) is 14.9 Å². The fraction of sp³-hybridized carbons (Fsp3) is 0.154. The van der Waals surface area contributed by atoms with E-state index in [-0.39, 0.29) is 17.2 Å². The van der Waals surface area contributed by atoms with Crippen LogP contribution in [0.3, 0.4) is 0 Å². The molecule has 0 atom stereocenters. The Hall–Kier alpha value is -2.41. The molecular weight excluding hydrogens is 278 g/mol. The molecule has 7 heteroatoms. The number of carbonyl (C=O) groups is 1. The number of nitro groups is 1. The highest BCUT2D eigenvalue weighted by atomic mass is 32.1. The van der Waals surface area contributed by atoms with Gasteiger partial charge in [-0.1, -0.05) is 0 Å². The summed E-state index contributed by atoms with van der Waals surface area (Å²) < 4.78 is 0. The fourth-order valence-corrected chi connectivity index (χ4v) is 2.29. The number of rotatable bonds is 5. The Labute approximate surface area is 119 Å². The molecule has 0 spiro atoms. The molecule has 0 saturated heterocycles. The number of thiophene rings is 1. The Balaban J connectivity index is 2.26. The van der Waals surface area contributed by atoms with Crippen LogP contribution < -0.4 is 10.6 Å². The molecule has 1 heterocycles. The van der Waals surface area contributed by atoms with E-state index < -0.39 is 4.92 Å². The molecule has 0 fully saturated rings. The van der Waals surface area contributed by atoms with E-state index in [1.54, 1.807) is 23.6 Å². The number of benzene rings is 1. The van der Waals surface area contributed by atoms with Gasteiger partial charge in [-0.3, -0.25) is 14.9 Å². The van der Waals surface area contributed by atoms with E-state index in [4.69, 9.17) is 0 Å². The number of nitrogens with one attached hydrogen (secondary N) is 2. The molecule has 0 aliphatic rings. The molecule has 20 heavy (non-hydrogen) atoms. The molecule has 0 aliphatic carbocycles. The summed E-state index contributed by atoms with van der Waals surface area (Å²) in [5, 5.41) is 20.2. The monoisotopic (exact) mass is 291 g/mol. The van der Waals surface area contributed by atoms with Crippen LogP contribution in [0.2, 0.25) is 0 Å². The Bertz CT molecular complexity index is 626. The first-order chi connectivity index (χ1) is 9.61. The van der Waals surface area contributed by atoms with Gasteiger partial charge in [0.15, 0.2) is 0 Å². The van der Waals surface area contributed by atoms with Crippen LogP contribution >= 0.6 is 11.3 Å². The minimum absolute atomic E-state index is 0.107. The van der Waals surface area contributed by atoms with Crippen molar-refractivity contribution in [3.05, 3.63) is 50.7 Å². The zero-order valence-corrected chi connectivity index (χ0v) is 11.6. The van der Waals surface area contributed by atoms with Gasteiger partial charge < -0.3 is 10.6 Å². The Kier molecular flexibility index (Phi) is 4.31. The normalized spacial score (nSPS) is 10.1. The predicted octanol–water partition coefficient (Wildman–Crippen LogP) is 3.34. The third-order valence-electron chi connectivity index (χ3n) is 2.60. The van der Waals surface area contributed by atoms with Crippen LogP contribution in [0.25, 0.3) is 0 Å². The number of anilines is 2. The predicted molar refractivity (Wildman–Crippen MR) is 79.5 cm³/mol. The lowest BCUT2D eigenvalue weighted by molar-refractivity contribution is -0.384. The summed E-state index contributed by atoms with van der Waals surface area (Å²) in [6.07, 6.45) is 0. The van der Waals surface area contributed by atoms with Crippen LogP contribution in [0.1, 0.15) is 17.3 Å². The molecule has 0 radical (unpaired) electrons. The molecule has 0 saturated carbocycles. The van der Waals surface area contributed by atoms with Crippen LogP contribution in [-0.4, -0.2) is 17.4 Å². The van der Waals surface area contributed by atoms with E-state index in [0.29, 0.717) is 17.9 Å². The molecular formula is C13H13N3O3S. The highest BCUT2D eigenvalue weighted by Gasteiger charge is 2.17. The van der Waals surface area contributed by atoms with Crippen LogP contribution in [0, 0.1) is 10.1 Å². The van der Waals surface area contributed by atoms with Gasteiger partial charge in [0.2, 0.25) is 0 Å². The summed E-state index contributed by atoms with van der Waals surface area (Å²) in [6.45, 7) is 2.42. The lowest BCUT2D eigenvalue weighted by Crippen LogP contribution is -2.12. The Morgan fingerprint density at radius 1 is 1.40 bits per heavy atom. The van der Waals surface area contributed by atoms with Gasteiger partial charge in [-0.05, 0) is 30.5 Å². The summed E-state index contributed by atoms with van der Waals surface area (Å²) in [5.74, 6) is -0.366. The number of nitrogens with zero attached hydrogens (tertiary/aromatic N) is 1. The lowest BCUT2D eigenvalue weighted by Gasteiger charge is -2.07. The molecule has 104 valence electrons. The molecule has 0 unspecified atom stereocenters. The Morgan fingerprint density at radius 2 is 2.20 bits per heavy atom. The van der Waals surface area contributed by atoms with Crippen LogP contribution in [0.15, 0.2) is 35.0 Å². The van der Waals surface area contributed by atoms with Gasteiger partial charge in [-0.2, -0.15) is 11.3 Å². The Morgan fingerprint density at radius 3 is 2.80 bits per heavy atom. The van der Waals surface area contributed by atoms with Crippen molar-refractivity contribution in [2.24, 2.45) is 0 Å². The van der Waals surface area contributed by atoms with Crippen molar-refractivity contribution in [3.63, 3.8) is 0 Å². The average Bonchev–Trinajstić information content (AvgIpc) is 2.92. The zero-order chi connectivity index (χ0) is 14.5. The van der Waals surface area contributed by atoms with E-state index >= 15 is 0 Å². The van der Waals surface area contributed by atoms with Gasteiger partial charge in [0, 0.05) is 23.6 Å². The third kappa shape index (κ3) is 3.12. The van der Waals surface area contributed by atoms with Crippen molar-refractivity contribution in [2.75, 3.05) is 17.2 Å². The molecule has 1 aromatic carbocycles. The first-order valence-corrected chi connectivity index (χ1v) is 6.92. The van der Waals surface area contributed by atoms with E-state index in [1.807, 2.05) is 12.3 Å². The van der Waals surface area contributed by atoms with E-state index in [1.165, 1.54) is 17.4 Å². The SMILES string of the molecule is CCNc1ccc(C(=O)Nc2ccsc2)cc1[N+](=O)[O-]. The van der Waals surface area contributed by atoms with Crippen molar-refractivity contribution in [3.8, 4) is 0 Å². The number of nitro benzene ring substituents is 1. The van der Waals surface area contributed by atoms with Gasteiger partial charge in [0.1, 0.15) is 5.69 Å². The van der Waals surface area contributed by atoms with E-state index in [0.717, 1.165) is 0 Å². The molecule has 2 aromatic rings. The number of amides is 1. The minimum Gasteiger partial charge on any atom is -0.380 e. The molecule has 6 nitrogen and oxygen atoms in total. The maximum atomic E-state index is 12.0. The highest BCUT2D eigenvalue weighted by Crippen LogP contribution is 2.26. The summed E-state index contributed by atoms with van der Waals surface area (Å²) in [5.41, 5.74) is 1.23. The fourth-order valence-electron chi connectivity index (χ4n) is 1.70. The minimum atomic E-state index is -0.501. The topological polar surface area (TPSA) is 84.3 Å². The maximum absolute atomic E-state index is 12.0. The summed E-state index contributed by atoms with van der Waals surface area (Å²) in [6, 6.07) is 6.15. The highest BCUT2D eigenvalue weighted by molar-refractivity contribution is 7.08. The standard InChI is InChI=1S/C13H13N3O3S/c1-2-14-11-4-3-9(7-12(11)16(18)19)13(17)15-10-5-6-20-8-10/h3-8,14H,2H2,1H3,(H,15,17). The van der Waals surface area contributed by atoms with Gasteiger partial charge >= 0.3 is 0 Å². The third-order valence-corrected chi connectivity index (χ3v) is 3.29. The summed E-state index contributed by atoms with van der Waals surface area (Å²) in [4.78, 5) is 22.5. The van der Waals surface area contributed by atoms with Crippen molar-refractivity contribution in [2.45, 2.75) is 6.92 Å². The maximum Gasteiger partial charge on any atom is 0.293 e. The second-order valence-corrected chi connectivity index (χ2v) is 4.77. The second-order valence-electron chi connectivity index (χ2n) is 3.99. The summed E-state index contributed by atoms with van der Waals surface area (Å²) >= 11 is 1.46. The molecule has 2 rings (SSSR count).